The molecule has 1 aliphatic heterocycles. The van der Waals surface area contributed by atoms with Crippen LogP contribution in [0.25, 0.3) is 0 Å². The van der Waals surface area contributed by atoms with Gasteiger partial charge in [0.1, 0.15) is 0 Å². The second-order valence-corrected chi connectivity index (χ2v) is 7.67. The number of hydrogen-bond donors (Lipinski definition) is 2. The van der Waals surface area contributed by atoms with Crippen molar-refractivity contribution >= 4 is 17.8 Å². The summed E-state index contributed by atoms with van der Waals surface area (Å²) in [5.41, 5.74) is 2.43. The Morgan fingerprint density at radius 3 is 2.69 bits per heavy atom. The fourth-order valence-electron chi connectivity index (χ4n) is 3.20. The number of hydrogen-bond acceptors (Lipinski definition) is 4. The van der Waals surface area contributed by atoms with Gasteiger partial charge < -0.3 is 15.1 Å². The van der Waals surface area contributed by atoms with Gasteiger partial charge in [-0.1, -0.05) is 30.3 Å². The number of rotatable bonds is 8. The maximum atomic E-state index is 12.1. The molecule has 5 nitrogen and oxygen atoms in total. The molecular weight excluding hydrogens is 346 g/mol. The van der Waals surface area contributed by atoms with Crippen molar-refractivity contribution in [1.82, 2.24) is 15.5 Å². The van der Waals surface area contributed by atoms with Crippen molar-refractivity contribution in [2.45, 2.75) is 18.9 Å². The van der Waals surface area contributed by atoms with Gasteiger partial charge in [0, 0.05) is 43.2 Å². The predicted octanol–water partition coefficient (Wildman–Crippen LogP) is 3.30. The fraction of sp³-hybridized carbons (Fsp3) is 0.450. The zero-order chi connectivity index (χ0) is 18.0. The summed E-state index contributed by atoms with van der Waals surface area (Å²) >= 11 is 1.98. The minimum atomic E-state index is -0.0991. The Labute approximate surface area is 159 Å². The average Bonchev–Trinajstić information content (AvgIpc) is 3.22. The number of nitrogens with zero attached hydrogens (tertiary/aromatic N) is 1. The van der Waals surface area contributed by atoms with Gasteiger partial charge in [-0.05, 0) is 24.5 Å². The lowest BCUT2D eigenvalue weighted by atomic mass is 10.1. The number of thioether (sulfide) groups is 1. The van der Waals surface area contributed by atoms with Crippen LogP contribution in [0.4, 0.5) is 4.79 Å². The Bertz CT molecular complexity index is 642. The molecule has 6 heteroatoms. The van der Waals surface area contributed by atoms with Gasteiger partial charge in [-0.25, -0.2) is 4.79 Å². The van der Waals surface area contributed by atoms with Crippen LogP contribution in [0.2, 0.25) is 0 Å². The van der Waals surface area contributed by atoms with E-state index in [0.29, 0.717) is 13.1 Å². The van der Waals surface area contributed by atoms with E-state index in [9.17, 15) is 4.79 Å². The molecule has 3 rings (SSSR count). The largest absolute Gasteiger partial charge is 0.472 e. The molecule has 1 aliphatic rings. The summed E-state index contributed by atoms with van der Waals surface area (Å²) in [5.74, 6) is 2.28. The van der Waals surface area contributed by atoms with E-state index >= 15 is 0 Å². The summed E-state index contributed by atoms with van der Waals surface area (Å²) in [7, 11) is 0. The van der Waals surface area contributed by atoms with Gasteiger partial charge in [0.25, 0.3) is 0 Å². The maximum Gasteiger partial charge on any atom is 0.314 e. The second kappa shape index (κ2) is 10.3. The standard InChI is InChI=1S/C20H27N3O2S/c24-20(21-9-4-7-17-5-2-1-3-6-17)22-15-19(18-8-12-25-16-18)23-10-13-26-14-11-23/h1-3,5-6,8,12,16,19H,4,7,9-11,13-15H2,(H2,21,22,24). The van der Waals surface area contributed by atoms with Crippen LogP contribution in [0.15, 0.2) is 53.3 Å². The highest BCUT2D eigenvalue weighted by atomic mass is 32.2. The van der Waals surface area contributed by atoms with Crippen LogP contribution in [0.1, 0.15) is 23.6 Å². The van der Waals surface area contributed by atoms with Crippen molar-refractivity contribution in [3.8, 4) is 0 Å². The van der Waals surface area contributed by atoms with E-state index in [1.807, 2.05) is 36.0 Å². The highest BCUT2D eigenvalue weighted by molar-refractivity contribution is 7.99. The summed E-state index contributed by atoms with van der Waals surface area (Å²) in [4.78, 5) is 14.6. The molecule has 1 fully saturated rings. The molecule has 140 valence electrons. The normalized spacial score (nSPS) is 16.2. The smallest absolute Gasteiger partial charge is 0.314 e. The van der Waals surface area contributed by atoms with E-state index in [2.05, 4.69) is 27.7 Å². The molecule has 2 N–H and O–H groups in total. The molecule has 0 bridgehead atoms. The first-order chi connectivity index (χ1) is 12.8. The minimum Gasteiger partial charge on any atom is -0.472 e. The van der Waals surface area contributed by atoms with Gasteiger partial charge in [0.15, 0.2) is 0 Å². The first-order valence-electron chi connectivity index (χ1n) is 9.22. The first-order valence-corrected chi connectivity index (χ1v) is 10.4. The van der Waals surface area contributed by atoms with Crippen LogP contribution in [-0.2, 0) is 6.42 Å². The molecule has 1 unspecified atom stereocenters. The highest BCUT2D eigenvalue weighted by Gasteiger charge is 2.23. The van der Waals surface area contributed by atoms with Crippen molar-refractivity contribution in [2.75, 3.05) is 37.7 Å². The summed E-state index contributed by atoms with van der Waals surface area (Å²) in [5, 5.41) is 5.99. The molecule has 2 aromatic rings. The minimum absolute atomic E-state index is 0.0991. The third kappa shape index (κ3) is 5.81. The highest BCUT2D eigenvalue weighted by Crippen LogP contribution is 2.24. The van der Waals surface area contributed by atoms with Gasteiger partial charge in [-0.2, -0.15) is 11.8 Å². The first kappa shape index (κ1) is 18.9. The molecule has 2 heterocycles. The molecule has 2 amide bonds. The fourth-order valence-corrected chi connectivity index (χ4v) is 4.13. The van der Waals surface area contributed by atoms with Gasteiger partial charge >= 0.3 is 6.03 Å². The Balaban J connectivity index is 1.41. The molecular formula is C20H27N3O2S. The Kier molecular flexibility index (Phi) is 7.46. The number of furan rings is 1. The van der Waals surface area contributed by atoms with Crippen molar-refractivity contribution < 1.29 is 9.21 Å². The number of benzene rings is 1. The van der Waals surface area contributed by atoms with Crippen LogP contribution in [0.5, 0.6) is 0 Å². The van der Waals surface area contributed by atoms with Gasteiger partial charge in [0.05, 0.1) is 18.6 Å². The van der Waals surface area contributed by atoms with Gasteiger partial charge in [-0.15, -0.1) is 0 Å². The predicted molar refractivity (Wildman–Crippen MR) is 107 cm³/mol. The Hall–Kier alpha value is -1.92. The van der Waals surface area contributed by atoms with Crippen molar-refractivity contribution in [1.29, 1.82) is 0 Å². The number of carbonyl (C=O) groups excluding carboxylic acids is 1. The van der Waals surface area contributed by atoms with E-state index < -0.39 is 0 Å². The van der Waals surface area contributed by atoms with Crippen LogP contribution in [0, 0.1) is 0 Å². The SMILES string of the molecule is O=C(NCCCc1ccccc1)NCC(c1ccoc1)N1CCSCC1. The molecule has 1 aromatic carbocycles. The van der Waals surface area contributed by atoms with E-state index in [1.54, 1.807) is 12.5 Å². The second-order valence-electron chi connectivity index (χ2n) is 6.45. The number of amides is 2. The maximum absolute atomic E-state index is 12.1. The lowest BCUT2D eigenvalue weighted by molar-refractivity contribution is 0.205. The quantitative estimate of drug-likeness (QED) is 0.697. The monoisotopic (exact) mass is 373 g/mol. The Morgan fingerprint density at radius 2 is 1.96 bits per heavy atom. The molecule has 0 radical (unpaired) electrons. The van der Waals surface area contributed by atoms with E-state index in [4.69, 9.17) is 4.42 Å². The number of carbonyl (C=O) groups is 1. The average molecular weight is 374 g/mol. The van der Waals surface area contributed by atoms with E-state index in [0.717, 1.165) is 43.0 Å². The topological polar surface area (TPSA) is 57.5 Å². The zero-order valence-electron chi connectivity index (χ0n) is 15.0. The lowest BCUT2D eigenvalue weighted by Gasteiger charge is -2.33. The van der Waals surface area contributed by atoms with E-state index in [-0.39, 0.29) is 12.1 Å². The van der Waals surface area contributed by atoms with Crippen molar-refractivity contribution in [3.63, 3.8) is 0 Å². The third-order valence-corrected chi connectivity index (χ3v) is 5.58. The molecule has 0 spiro atoms. The van der Waals surface area contributed by atoms with E-state index in [1.165, 1.54) is 5.56 Å². The van der Waals surface area contributed by atoms with Crippen LogP contribution < -0.4 is 10.6 Å². The van der Waals surface area contributed by atoms with Gasteiger partial charge in [-0.3, -0.25) is 4.90 Å². The van der Waals surface area contributed by atoms with Crippen LogP contribution >= 0.6 is 11.8 Å². The van der Waals surface area contributed by atoms with Crippen molar-refractivity contribution in [3.05, 3.63) is 60.1 Å². The van der Waals surface area contributed by atoms with Crippen LogP contribution in [0.3, 0.4) is 0 Å². The summed E-state index contributed by atoms with van der Waals surface area (Å²) in [6.45, 7) is 3.36. The molecule has 0 saturated carbocycles. The molecule has 0 aliphatic carbocycles. The lowest BCUT2D eigenvalue weighted by Crippen LogP contribution is -2.44. The Morgan fingerprint density at radius 1 is 1.15 bits per heavy atom. The number of nitrogens with one attached hydrogen (secondary N) is 2. The van der Waals surface area contributed by atoms with Gasteiger partial charge in [0.2, 0.25) is 0 Å². The summed E-state index contributed by atoms with van der Waals surface area (Å²) in [6.07, 6.45) is 5.40. The zero-order valence-corrected chi connectivity index (χ0v) is 15.8. The molecule has 1 aromatic heterocycles. The van der Waals surface area contributed by atoms with Crippen molar-refractivity contribution in [2.24, 2.45) is 0 Å². The molecule has 1 atom stereocenters. The molecule has 1 saturated heterocycles. The number of urea groups is 1. The van der Waals surface area contributed by atoms with Crippen LogP contribution in [-0.4, -0.2) is 48.6 Å². The third-order valence-electron chi connectivity index (χ3n) is 4.64. The molecule has 26 heavy (non-hydrogen) atoms. The summed E-state index contributed by atoms with van der Waals surface area (Å²) < 4.78 is 5.25. The number of aryl methyl sites for hydroxylation is 1. The summed E-state index contributed by atoms with van der Waals surface area (Å²) in [6, 6.07) is 12.4.